The summed E-state index contributed by atoms with van der Waals surface area (Å²) in [5.41, 5.74) is 0.363. The van der Waals surface area contributed by atoms with Gasteiger partial charge in [0.2, 0.25) is 10.0 Å². The van der Waals surface area contributed by atoms with Crippen molar-refractivity contribution in [3.8, 4) is 5.75 Å². The summed E-state index contributed by atoms with van der Waals surface area (Å²) in [4.78, 5) is 14.5. The van der Waals surface area contributed by atoms with Crippen LogP contribution in [-0.2, 0) is 10.0 Å². The van der Waals surface area contributed by atoms with E-state index in [0.29, 0.717) is 24.6 Å². The molecule has 1 amide bonds. The molecule has 1 saturated carbocycles. The topological polar surface area (TPSA) is 66.9 Å². The van der Waals surface area contributed by atoms with Gasteiger partial charge in [0.25, 0.3) is 5.91 Å². The zero-order valence-corrected chi connectivity index (χ0v) is 16.5. The first-order valence-corrected chi connectivity index (χ1v) is 10.2. The summed E-state index contributed by atoms with van der Waals surface area (Å²) < 4.78 is 32.4. The Balaban J connectivity index is 2.41. The fourth-order valence-electron chi connectivity index (χ4n) is 3.00. The zero-order chi connectivity index (χ0) is 18.8. The average molecular weight is 368 g/mol. The van der Waals surface area contributed by atoms with Crippen LogP contribution in [0.5, 0.6) is 5.75 Å². The van der Waals surface area contributed by atoms with Gasteiger partial charge in [-0.2, -0.15) is 4.31 Å². The largest absolute Gasteiger partial charge is 0.495 e. The van der Waals surface area contributed by atoms with Crippen LogP contribution in [0.4, 0.5) is 0 Å². The molecule has 1 atom stereocenters. The van der Waals surface area contributed by atoms with Gasteiger partial charge < -0.3 is 9.64 Å². The van der Waals surface area contributed by atoms with Gasteiger partial charge in [-0.1, -0.05) is 13.8 Å². The second-order valence-corrected chi connectivity index (χ2v) is 8.36. The lowest BCUT2D eigenvalue weighted by atomic mass is 10.1. The first kappa shape index (κ1) is 19.7. The van der Waals surface area contributed by atoms with E-state index >= 15 is 0 Å². The van der Waals surface area contributed by atoms with E-state index in [1.54, 1.807) is 37.9 Å². The first-order chi connectivity index (χ1) is 11.8. The number of hydrogen-bond donors (Lipinski definition) is 0. The number of ether oxygens (including phenoxy) is 1. The predicted octanol–water partition coefficient (Wildman–Crippen LogP) is 2.60. The summed E-state index contributed by atoms with van der Waals surface area (Å²) in [6.07, 6.45) is 2.28. The SMILES string of the molecule is CCN(CC)S(=O)(=O)c1cc(C(=O)N(C)C(C)C2CC2)ccc1OC. The van der Waals surface area contributed by atoms with Crippen LogP contribution < -0.4 is 4.74 Å². The van der Waals surface area contributed by atoms with E-state index in [4.69, 9.17) is 4.74 Å². The molecule has 1 unspecified atom stereocenters. The minimum Gasteiger partial charge on any atom is -0.495 e. The molecule has 0 bridgehead atoms. The lowest BCUT2D eigenvalue weighted by molar-refractivity contribution is 0.0727. The molecule has 0 heterocycles. The van der Waals surface area contributed by atoms with Crippen LogP contribution in [0.25, 0.3) is 0 Å². The highest BCUT2D eigenvalue weighted by molar-refractivity contribution is 7.89. The van der Waals surface area contributed by atoms with Crippen molar-refractivity contribution < 1.29 is 17.9 Å². The van der Waals surface area contributed by atoms with Crippen LogP contribution in [0.15, 0.2) is 23.1 Å². The van der Waals surface area contributed by atoms with Gasteiger partial charge in [-0.3, -0.25) is 4.79 Å². The third-order valence-electron chi connectivity index (χ3n) is 4.97. The molecule has 0 aliphatic heterocycles. The molecule has 1 aromatic carbocycles. The summed E-state index contributed by atoms with van der Waals surface area (Å²) >= 11 is 0. The van der Waals surface area contributed by atoms with Gasteiger partial charge in [-0.15, -0.1) is 0 Å². The highest BCUT2D eigenvalue weighted by atomic mass is 32.2. The van der Waals surface area contributed by atoms with Gasteiger partial charge in [0.1, 0.15) is 10.6 Å². The third kappa shape index (κ3) is 3.98. The van der Waals surface area contributed by atoms with Gasteiger partial charge >= 0.3 is 0 Å². The van der Waals surface area contributed by atoms with Crippen LogP contribution in [0.3, 0.4) is 0 Å². The number of nitrogens with zero attached hydrogens (tertiary/aromatic N) is 2. The van der Waals surface area contributed by atoms with Crippen molar-refractivity contribution in [3.05, 3.63) is 23.8 Å². The Morgan fingerprint density at radius 2 is 1.88 bits per heavy atom. The van der Waals surface area contributed by atoms with Gasteiger partial charge in [-0.25, -0.2) is 8.42 Å². The molecule has 1 aliphatic rings. The summed E-state index contributed by atoms with van der Waals surface area (Å²) in [7, 11) is -0.510. The maximum absolute atomic E-state index is 12.9. The van der Waals surface area contributed by atoms with Crippen LogP contribution in [0, 0.1) is 5.92 Å². The Morgan fingerprint density at radius 3 is 2.36 bits per heavy atom. The lowest BCUT2D eigenvalue weighted by Crippen LogP contribution is -2.36. The molecule has 7 heteroatoms. The molecule has 0 radical (unpaired) electrons. The number of benzene rings is 1. The van der Waals surface area contributed by atoms with Gasteiger partial charge in [0.15, 0.2) is 0 Å². The van der Waals surface area contributed by atoms with Crippen LogP contribution in [-0.4, -0.2) is 56.8 Å². The monoisotopic (exact) mass is 368 g/mol. The zero-order valence-electron chi connectivity index (χ0n) is 15.7. The van der Waals surface area contributed by atoms with Crippen molar-refractivity contribution in [2.24, 2.45) is 5.92 Å². The highest BCUT2D eigenvalue weighted by Gasteiger charge is 2.33. The Bertz CT molecular complexity index is 725. The molecular weight excluding hydrogens is 340 g/mol. The van der Waals surface area contributed by atoms with Gasteiger partial charge in [0, 0.05) is 31.7 Å². The summed E-state index contributed by atoms with van der Waals surface area (Å²) in [5.74, 6) is 0.630. The van der Waals surface area contributed by atoms with Crippen molar-refractivity contribution in [2.75, 3.05) is 27.2 Å². The van der Waals surface area contributed by atoms with Crippen molar-refractivity contribution in [2.45, 2.75) is 44.6 Å². The summed E-state index contributed by atoms with van der Waals surface area (Å²) in [6.45, 7) is 6.32. The van der Waals surface area contributed by atoms with Crippen molar-refractivity contribution in [1.82, 2.24) is 9.21 Å². The van der Waals surface area contributed by atoms with Crippen molar-refractivity contribution in [3.63, 3.8) is 0 Å². The third-order valence-corrected chi connectivity index (χ3v) is 7.04. The smallest absolute Gasteiger partial charge is 0.253 e. The van der Waals surface area contributed by atoms with Crippen molar-refractivity contribution >= 4 is 15.9 Å². The van der Waals surface area contributed by atoms with E-state index in [9.17, 15) is 13.2 Å². The number of amides is 1. The normalized spacial score (nSPS) is 15.9. The first-order valence-electron chi connectivity index (χ1n) is 8.73. The van der Waals surface area contributed by atoms with E-state index < -0.39 is 10.0 Å². The van der Waals surface area contributed by atoms with E-state index in [1.807, 2.05) is 6.92 Å². The molecule has 6 nitrogen and oxygen atoms in total. The molecule has 0 aromatic heterocycles. The molecule has 0 saturated heterocycles. The molecule has 1 aromatic rings. The van der Waals surface area contributed by atoms with Gasteiger partial charge in [-0.05, 0) is 43.9 Å². The fraction of sp³-hybridized carbons (Fsp3) is 0.611. The number of rotatable bonds is 8. The Labute approximate surface area is 150 Å². The van der Waals surface area contributed by atoms with Gasteiger partial charge in [0.05, 0.1) is 7.11 Å². The molecule has 0 N–H and O–H groups in total. The van der Waals surface area contributed by atoms with Crippen LogP contribution in [0.2, 0.25) is 0 Å². The highest BCUT2D eigenvalue weighted by Crippen LogP contribution is 2.35. The lowest BCUT2D eigenvalue weighted by Gasteiger charge is -2.26. The van der Waals surface area contributed by atoms with E-state index in [0.717, 1.165) is 12.8 Å². The second kappa shape index (κ2) is 7.74. The minimum absolute atomic E-state index is 0.0389. The Kier molecular flexibility index (Phi) is 6.11. The van der Waals surface area contributed by atoms with E-state index in [-0.39, 0.29) is 22.6 Å². The molecule has 25 heavy (non-hydrogen) atoms. The van der Waals surface area contributed by atoms with Crippen LogP contribution >= 0.6 is 0 Å². The number of methoxy groups -OCH3 is 1. The molecule has 2 rings (SSSR count). The molecule has 1 aliphatic carbocycles. The molecule has 0 spiro atoms. The van der Waals surface area contributed by atoms with E-state index in [2.05, 4.69) is 0 Å². The Hall–Kier alpha value is -1.60. The standard InChI is InChI=1S/C18H28N2O4S/c1-6-20(7-2)25(22,23)17-12-15(10-11-16(17)24-5)18(21)19(4)13(3)14-8-9-14/h10-14H,6-9H2,1-5H3. The number of sulfonamides is 1. The fourth-order valence-corrected chi connectivity index (χ4v) is 4.64. The summed E-state index contributed by atoms with van der Waals surface area (Å²) in [5, 5.41) is 0. The van der Waals surface area contributed by atoms with E-state index in [1.165, 1.54) is 17.5 Å². The minimum atomic E-state index is -3.71. The molecule has 1 fully saturated rings. The maximum Gasteiger partial charge on any atom is 0.253 e. The quantitative estimate of drug-likeness (QED) is 0.707. The van der Waals surface area contributed by atoms with Crippen LogP contribution in [0.1, 0.15) is 44.0 Å². The Morgan fingerprint density at radius 1 is 1.28 bits per heavy atom. The van der Waals surface area contributed by atoms with Crippen molar-refractivity contribution in [1.29, 1.82) is 0 Å². The maximum atomic E-state index is 12.9. The molecule has 140 valence electrons. The summed E-state index contributed by atoms with van der Waals surface area (Å²) in [6, 6.07) is 4.76. The molecular formula is C18H28N2O4S. The number of carbonyl (C=O) groups excluding carboxylic acids is 1. The number of carbonyl (C=O) groups is 1. The average Bonchev–Trinajstić information content (AvgIpc) is 3.45. The predicted molar refractivity (Wildman–Crippen MR) is 97.4 cm³/mol. The second-order valence-electron chi connectivity index (χ2n) is 6.45. The number of hydrogen-bond acceptors (Lipinski definition) is 4.